The van der Waals surface area contributed by atoms with Crippen molar-refractivity contribution in [1.82, 2.24) is 9.55 Å². The van der Waals surface area contributed by atoms with Crippen LogP contribution in [0.3, 0.4) is 0 Å². The first-order valence-corrected chi connectivity index (χ1v) is 23.3. The zero-order valence-corrected chi connectivity index (χ0v) is 39.8. The number of carbonyl (C=O) groups excluding carboxylic acids is 2. The molecule has 7 unspecified atom stereocenters. The van der Waals surface area contributed by atoms with E-state index in [0.717, 1.165) is 17.6 Å². The summed E-state index contributed by atoms with van der Waals surface area (Å²) in [5.41, 5.74) is 0.512. The van der Waals surface area contributed by atoms with Gasteiger partial charge in [-0.15, -0.1) is 0 Å². The zero-order valence-electron chi connectivity index (χ0n) is 39.8. The van der Waals surface area contributed by atoms with E-state index < -0.39 is 82.7 Å². The SMILES string of the molecule is COC(=O)C(C)=CCC12OC(C)(C)C3CC(C1=O)C1C4C(=Nc5nccn51)c1c(O[C@H]5O[C@H]6COC(C)(C)O[C@@H]6[C@@H](O)[C@@H]5O)c5c(c(CC=C(C)C)c1OC432)OC(C)(CCC=C(C)C)C=C5. The predicted octanol–water partition coefficient (Wildman–Crippen LogP) is 6.98. The number of aliphatic imine (C=N–C) groups is 1. The van der Waals surface area contributed by atoms with Gasteiger partial charge in [0.05, 0.1) is 48.1 Å². The van der Waals surface area contributed by atoms with Gasteiger partial charge in [-0.1, -0.05) is 29.4 Å². The van der Waals surface area contributed by atoms with Crippen molar-refractivity contribution >= 4 is 29.5 Å². The molecule has 2 N–H and O–H groups in total. The van der Waals surface area contributed by atoms with Crippen LogP contribution in [0.1, 0.15) is 118 Å². The number of benzene rings is 1. The molecule has 1 aromatic carbocycles. The molecule has 6 fully saturated rings. The van der Waals surface area contributed by atoms with Gasteiger partial charge < -0.3 is 52.7 Å². The number of methoxy groups -OCH3 is 1. The average molecular weight is 910 g/mol. The number of nitrogens with zero attached hydrogens (tertiary/aromatic N) is 3. The van der Waals surface area contributed by atoms with Gasteiger partial charge in [-0.25, -0.2) is 14.8 Å². The van der Waals surface area contributed by atoms with E-state index in [1.165, 1.54) is 12.7 Å². The van der Waals surface area contributed by atoms with Crippen molar-refractivity contribution in [1.29, 1.82) is 0 Å². The molecule has 2 aromatic rings. The topological polar surface area (TPSA) is 179 Å². The maximum Gasteiger partial charge on any atom is 0.333 e. The van der Waals surface area contributed by atoms with Crippen LogP contribution in [-0.2, 0) is 39.7 Å². The lowest BCUT2D eigenvalue weighted by Crippen LogP contribution is -2.79. The van der Waals surface area contributed by atoms with Crippen molar-refractivity contribution in [2.45, 2.75) is 166 Å². The number of fused-ring (bicyclic) bond motifs is 5. The number of aliphatic hydroxyl groups excluding tert-OH is 2. The van der Waals surface area contributed by atoms with Crippen LogP contribution in [0.5, 0.6) is 17.2 Å². The lowest BCUT2D eigenvalue weighted by Gasteiger charge is -2.64. The first kappa shape index (κ1) is 45.2. The first-order chi connectivity index (χ1) is 31.2. The summed E-state index contributed by atoms with van der Waals surface area (Å²) < 4.78 is 55.1. The van der Waals surface area contributed by atoms with Crippen LogP contribution >= 0.6 is 0 Å². The smallest absolute Gasteiger partial charge is 0.333 e. The van der Waals surface area contributed by atoms with Crippen LogP contribution in [-0.4, -0.2) is 110 Å². The number of aliphatic hydroxyl groups is 2. The van der Waals surface area contributed by atoms with E-state index in [1.54, 1.807) is 33.0 Å². The van der Waals surface area contributed by atoms with Crippen molar-refractivity contribution in [3.05, 3.63) is 70.1 Å². The molecule has 1 aromatic heterocycles. The van der Waals surface area contributed by atoms with Gasteiger partial charge >= 0.3 is 5.97 Å². The molecular formula is C51H63N3O12. The predicted molar refractivity (Wildman–Crippen MR) is 242 cm³/mol. The number of imidazole rings is 1. The van der Waals surface area contributed by atoms with Gasteiger partial charge in [0.15, 0.2) is 22.8 Å². The minimum Gasteiger partial charge on any atom is -0.482 e. The summed E-state index contributed by atoms with van der Waals surface area (Å²) in [4.78, 5) is 38.7. The Morgan fingerprint density at radius 1 is 1.00 bits per heavy atom. The first-order valence-electron chi connectivity index (χ1n) is 23.3. The van der Waals surface area contributed by atoms with Crippen molar-refractivity contribution in [2.24, 2.45) is 22.7 Å². The van der Waals surface area contributed by atoms with Crippen LogP contribution in [0.15, 0.2) is 58.4 Å². The van der Waals surface area contributed by atoms with E-state index in [-0.39, 0.29) is 30.5 Å². The highest BCUT2D eigenvalue weighted by molar-refractivity contribution is 6.14. The second kappa shape index (κ2) is 15.4. The number of hydrogen-bond acceptors (Lipinski definition) is 14. The summed E-state index contributed by atoms with van der Waals surface area (Å²) in [6.45, 7) is 19.6. The summed E-state index contributed by atoms with van der Waals surface area (Å²) in [6, 6.07) is -0.461. The molecule has 15 heteroatoms. The summed E-state index contributed by atoms with van der Waals surface area (Å²) in [7, 11) is 1.33. The molecule has 12 atom stereocenters. The fraction of sp³-hybridized carbons (Fsp3) is 0.608. The third-order valence-electron chi connectivity index (χ3n) is 15.3. The van der Waals surface area contributed by atoms with Crippen LogP contribution in [0, 0.1) is 17.8 Å². The molecule has 7 heterocycles. The molecule has 0 radical (unpaired) electrons. The molecule has 6 aliphatic heterocycles. The summed E-state index contributed by atoms with van der Waals surface area (Å²) in [5.74, 6) is -1.41. The van der Waals surface area contributed by atoms with Gasteiger partial charge in [0.1, 0.15) is 47.3 Å². The molecule has 4 bridgehead atoms. The molecule has 9 aliphatic rings. The lowest BCUT2D eigenvalue weighted by atomic mass is 9.44. The van der Waals surface area contributed by atoms with Crippen LogP contribution in [0.25, 0.3) is 6.08 Å². The Balaban J connectivity index is 1.24. The Morgan fingerprint density at radius 2 is 1.76 bits per heavy atom. The highest BCUT2D eigenvalue weighted by Gasteiger charge is 2.85. The number of allylic oxidation sites excluding steroid dienone is 4. The molecule has 3 aliphatic carbocycles. The molecule has 15 nitrogen and oxygen atoms in total. The Bertz CT molecular complexity index is 2540. The Morgan fingerprint density at radius 3 is 2.48 bits per heavy atom. The lowest BCUT2D eigenvalue weighted by molar-refractivity contribution is -0.373. The highest BCUT2D eigenvalue weighted by Crippen LogP contribution is 2.73. The highest BCUT2D eigenvalue weighted by atomic mass is 16.8. The number of carbonyl (C=O) groups is 2. The van der Waals surface area contributed by atoms with Crippen LogP contribution in [0.4, 0.5) is 5.95 Å². The third kappa shape index (κ3) is 6.57. The van der Waals surface area contributed by atoms with E-state index >= 15 is 4.79 Å². The Hall–Kier alpha value is -4.64. The zero-order chi connectivity index (χ0) is 47.0. The van der Waals surface area contributed by atoms with Crippen molar-refractivity contribution < 1.29 is 57.7 Å². The van der Waals surface area contributed by atoms with Gasteiger partial charge in [-0.05, 0) is 107 Å². The van der Waals surface area contributed by atoms with Gasteiger partial charge in [0.25, 0.3) is 0 Å². The normalized spacial score (nSPS) is 36.9. The van der Waals surface area contributed by atoms with E-state index in [2.05, 4.69) is 32.9 Å². The molecular weight excluding hydrogens is 847 g/mol. The number of aromatic nitrogens is 2. The van der Waals surface area contributed by atoms with Crippen molar-refractivity contribution in [3.63, 3.8) is 0 Å². The number of Topliss-reactive ketones (excluding diaryl/α,β-unsaturated/α-hetero) is 1. The molecule has 354 valence electrons. The molecule has 3 saturated carbocycles. The minimum absolute atomic E-state index is 0.0502. The second-order valence-electron chi connectivity index (χ2n) is 21.1. The van der Waals surface area contributed by atoms with E-state index in [9.17, 15) is 15.0 Å². The quantitative estimate of drug-likeness (QED) is 0.142. The van der Waals surface area contributed by atoms with E-state index in [4.69, 9.17) is 47.9 Å². The second-order valence-corrected chi connectivity index (χ2v) is 21.1. The van der Waals surface area contributed by atoms with Gasteiger partial charge in [-0.2, -0.15) is 0 Å². The van der Waals surface area contributed by atoms with E-state index in [1.807, 2.05) is 50.6 Å². The molecule has 3 saturated heterocycles. The summed E-state index contributed by atoms with van der Waals surface area (Å²) in [5, 5.41) is 23.6. The minimum atomic E-state index is -1.56. The fourth-order valence-corrected chi connectivity index (χ4v) is 12.3. The molecule has 66 heavy (non-hydrogen) atoms. The number of ketones is 1. The summed E-state index contributed by atoms with van der Waals surface area (Å²) in [6.07, 6.45) is 10.0. The van der Waals surface area contributed by atoms with Crippen molar-refractivity contribution in [3.8, 4) is 17.2 Å². The Labute approximate surface area is 385 Å². The standard InChI is InChI=1S/C51H63N3O12/c1-25(2)13-12-18-49(10)19-17-29-39(64-49)28(15-14-26(3)4)41-33(40(29)62-45-38(56)37(55)42-31(61-45)24-60-48(8,9)63-42)35-34-36(54-22-21-52-46(54)53-35)30-23-32-47(6,7)66-50(43(30)57,51(32,34)65-41)20-16-27(5)44(58)59-11/h13-14,16-17,19,21-22,30-32,34,36-38,42,45,55-56H,12,15,18,20,23-24H2,1-11H3/t30?,31-,32?,34?,36?,37-,38-,42-,45+,49?,50?,51?/m0/s1. The average Bonchev–Trinajstić information content (AvgIpc) is 3.78. The monoisotopic (exact) mass is 909 g/mol. The number of esters is 1. The van der Waals surface area contributed by atoms with Crippen molar-refractivity contribution in [2.75, 3.05) is 13.7 Å². The van der Waals surface area contributed by atoms with E-state index in [0.29, 0.717) is 59.1 Å². The van der Waals surface area contributed by atoms with Crippen LogP contribution < -0.4 is 14.2 Å². The number of rotatable bonds is 10. The Kier molecular flexibility index (Phi) is 10.6. The maximum atomic E-state index is 15.6. The number of hydrogen-bond donors (Lipinski definition) is 2. The molecule has 1 spiro atoms. The van der Waals surface area contributed by atoms with Crippen LogP contribution in [0.2, 0.25) is 0 Å². The third-order valence-corrected chi connectivity index (χ3v) is 15.3. The van der Waals surface area contributed by atoms with Gasteiger partial charge in [0.2, 0.25) is 12.2 Å². The van der Waals surface area contributed by atoms with Gasteiger partial charge in [0, 0.05) is 41.8 Å². The summed E-state index contributed by atoms with van der Waals surface area (Å²) >= 11 is 0. The van der Waals surface area contributed by atoms with Gasteiger partial charge in [-0.3, -0.25) is 4.79 Å². The fourth-order valence-electron chi connectivity index (χ4n) is 12.3. The maximum absolute atomic E-state index is 15.6. The largest absolute Gasteiger partial charge is 0.482 e. The number of ether oxygens (including phenoxy) is 8. The molecule has 11 rings (SSSR count). The molecule has 0 amide bonds.